The lowest BCUT2D eigenvalue weighted by Crippen LogP contribution is -2.59. The third-order valence-electron chi connectivity index (χ3n) is 3.49. The maximum atomic E-state index is 12.4. The summed E-state index contributed by atoms with van der Waals surface area (Å²) >= 11 is 0. The van der Waals surface area contributed by atoms with E-state index in [1.165, 1.54) is 20.8 Å². The van der Waals surface area contributed by atoms with Gasteiger partial charge < -0.3 is 37.0 Å². The van der Waals surface area contributed by atoms with E-state index in [0.29, 0.717) is 0 Å². The first-order valence-corrected chi connectivity index (χ1v) is 8.16. The van der Waals surface area contributed by atoms with Gasteiger partial charge in [-0.25, -0.2) is 0 Å². The van der Waals surface area contributed by atoms with E-state index < -0.39 is 66.4 Å². The SMILES string of the molecule is CC(N)C(=O)NC(CCC(=O)O)C(=O)NC(C(=O)NC(C)C(=O)O)C(C)O. The highest BCUT2D eigenvalue weighted by Crippen LogP contribution is 2.02. The molecule has 0 heterocycles. The highest BCUT2D eigenvalue weighted by Gasteiger charge is 2.31. The van der Waals surface area contributed by atoms with E-state index in [1.54, 1.807) is 0 Å². The zero-order valence-electron chi connectivity index (χ0n) is 15.3. The van der Waals surface area contributed by atoms with E-state index in [0.717, 1.165) is 0 Å². The van der Waals surface area contributed by atoms with Crippen molar-refractivity contribution in [1.29, 1.82) is 0 Å². The molecule has 0 aliphatic heterocycles. The van der Waals surface area contributed by atoms with Gasteiger partial charge in [0.1, 0.15) is 18.1 Å². The van der Waals surface area contributed by atoms with Crippen LogP contribution in [0.25, 0.3) is 0 Å². The first-order chi connectivity index (χ1) is 12.4. The van der Waals surface area contributed by atoms with Crippen LogP contribution in [0.2, 0.25) is 0 Å². The molecule has 0 aromatic rings. The summed E-state index contributed by atoms with van der Waals surface area (Å²) in [4.78, 5) is 57.8. The van der Waals surface area contributed by atoms with E-state index in [-0.39, 0.29) is 6.42 Å². The van der Waals surface area contributed by atoms with Crippen molar-refractivity contribution in [2.45, 2.75) is 63.9 Å². The van der Waals surface area contributed by atoms with Gasteiger partial charge in [-0.3, -0.25) is 24.0 Å². The molecule has 154 valence electrons. The van der Waals surface area contributed by atoms with Gasteiger partial charge in [0, 0.05) is 6.42 Å². The Bertz CT molecular complexity index is 578. The van der Waals surface area contributed by atoms with Crippen LogP contribution in [0, 0.1) is 0 Å². The molecule has 0 radical (unpaired) electrons. The number of aliphatic carboxylic acids is 2. The number of aliphatic hydroxyl groups excluding tert-OH is 1. The summed E-state index contributed by atoms with van der Waals surface area (Å²) in [6.45, 7) is 3.75. The Morgan fingerprint density at radius 3 is 1.85 bits per heavy atom. The van der Waals surface area contributed by atoms with Crippen molar-refractivity contribution >= 4 is 29.7 Å². The second-order valence-electron chi connectivity index (χ2n) is 6.08. The number of aliphatic hydroxyl groups is 1. The van der Waals surface area contributed by atoms with Crippen molar-refractivity contribution in [3.8, 4) is 0 Å². The van der Waals surface area contributed by atoms with Gasteiger partial charge in [0.05, 0.1) is 12.1 Å². The number of nitrogens with two attached hydrogens (primary N) is 1. The Labute approximate surface area is 155 Å². The third-order valence-corrected chi connectivity index (χ3v) is 3.49. The lowest BCUT2D eigenvalue weighted by Gasteiger charge is -2.25. The minimum absolute atomic E-state index is 0.278. The standard InChI is InChI=1S/C15H26N4O8/c1-6(16)12(23)18-9(4-5-10(21)22)13(24)19-11(8(3)20)14(25)17-7(2)15(26)27/h6-9,11,20H,4-5,16H2,1-3H3,(H,17,25)(H,18,23)(H,19,24)(H,21,22)(H,26,27). The monoisotopic (exact) mass is 390 g/mol. The molecular formula is C15H26N4O8. The van der Waals surface area contributed by atoms with Gasteiger partial charge in [-0.05, 0) is 27.2 Å². The largest absolute Gasteiger partial charge is 0.481 e. The number of hydrogen-bond donors (Lipinski definition) is 7. The fourth-order valence-corrected chi connectivity index (χ4v) is 1.86. The lowest BCUT2D eigenvalue weighted by molar-refractivity contribution is -0.142. The van der Waals surface area contributed by atoms with Gasteiger partial charge in [0.15, 0.2) is 0 Å². The number of nitrogens with one attached hydrogen (secondary N) is 3. The van der Waals surface area contributed by atoms with Gasteiger partial charge in [-0.2, -0.15) is 0 Å². The molecule has 0 aromatic carbocycles. The second kappa shape index (κ2) is 11.1. The van der Waals surface area contributed by atoms with Crippen LogP contribution in [0.3, 0.4) is 0 Å². The first kappa shape index (κ1) is 24.3. The van der Waals surface area contributed by atoms with Crippen LogP contribution >= 0.6 is 0 Å². The Hall–Kier alpha value is -2.73. The lowest BCUT2D eigenvalue weighted by atomic mass is 10.1. The molecule has 0 aliphatic rings. The van der Waals surface area contributed by atoms with Gasteiger partial charge in [-0.15, -0.1) is 0 Å². The Kier molecular flexibility index (Phi) is 9.96. The third kappa shape index (κ3) is 8.96. The number of carbonyl (C=O) groups excluding carboxylic acids is 3. The molecule has 0 bridgehead atoms. The van der Waals surface area contributed by atoms with Gasteiger partial charge in [-0.1, -0.05) is 0 Å². The summed E-state index contributed by atoms with van der Waals surface area (Å²) in [7, 11) is 0. The molecule has 8 N–H and O–H groups in total. The molecule has 0 saturated heterocycles. The molecule has 12 heteroatoms. The van der Waals surface area contributed by atoms with E-state index in [1.807, 2.05) is 0 Å². The quantitative estimate of drug-likeness (QED) is 0.193. The minimum Gasteiger partial charge on any atom is -0.481 e. The number of carboxylic acids is 2. The number of amides is 3. The van der Waals surface area contributed by atoms with Crippen LogP contribution in [0.15, 0.2) is 0 Å². The molecule has 0 spiro atoms. The molecule has 5 unspecified atom stereocenters. The van der Waals surface area contributed by atoms with E-state index >= 15 is 0 Å². The Balaban J connectivity index is 5.23. The highest BCUT2D eigenvalue weighted by atomic mass is 16.4. The maximum Gasteiger partial charge on any atom is 0.325 e. The average Bonchev–Trinajstić information content (AvgIpc) is 2.54. The molecule has 5 atom stereocenters. The first-order valence-electron chi connectivity index (χ1n) is 8.16. The predicted octanol–water partition coefficient (Wildman–Crippen LogP) is -2.86. The zero-order valence-corrected chi connectivity index (χ0v) is 15.3. The topological polar surface area (TPSA) is 208 Å². The average molecular weight is 390 g/mol. The van der Waals surface area contributed by atoms with Crippen molar-refractivity contribution in [3.05, 3.63) is 0 Å². The molecule has 0 aromatic heterocycles. The van der Waals surface area contributed by atoms with Crippen molar-refractivity contribution in [1.82, 2.24) is 16.0 Å². The number of carbonyl (C=O) groups is 5. The number of carboxylic acid groups (broad SMARTS) is 2. The summed E-state index contributed by atoms with van der Waals surface area (Å²) in [5, 5.41) is 33.9. The smallest absolute Gasteiger partial charge is 0.325 e. The number of hydrogen-bond acceptors (Lipinski definition) is 7. The maximum absolute atomic E-state index is 12.4. The normalized spacial score (nSPS) is 16.2. The van der Waals surface area contributed by atoms with Crippen LogP contribution in [0.1, 0.15) is 33.6 Å². The Morgan fingerprint density at radius 2 is 1.44 bits per heavy atom. The summed E-state index contributed by atoms with van der Waals surface area (Å²) in [5.74, 6) is -5.11. The van der Waals surface area contributed by atoms with E-state index in [4.69, 9.17) is 15.9 Å². The van der Waals surface area contributed by atoms with Gasteiger partial charge in [0.25, 0.3) is 0 Å². The van der Waals surface area contributed by atoms with Crippen molar-refractivity contribution in [2.24, 2.45) is 5.73 Å². The van der Waals surface area contributed by atoms with E-state index in [9.17, 15) is 29.1 Å². The van der Waals surface area contributed by atoms with Crippen LogP contribution in [0.4, 0.5) is 0 Å². The fourth-order valence-electron chi connectivity index (χ4n) is 1.86. The summed E-state index contributed by atoms with van der Waals surface area (Å²) in [6.07, 6.45) is -2.11. The second-order valence-corrected chi connectivity index (χ2v) is 6.08. The van der Waals surface area contributed by atoms with Crippen LogP contribution in [-0.2, 0) is 24.0 Å². The number of rotatable bonds is 11. The predicted molar refractivity (Wildman–Crippen MR) is 91.3 cm³/mol. The summed E-state index contributed by atoms with van der Waals surface area (Å²) < 4.78 is 0. The fraction of sp³-hybridized carbons (Fsp3) is 0.667. The molecule has 0 saturated carbocycles. The van der Waals surface area contributed by atoms with Crippen LogP contribution in [0.5, 0.6) is 0 Å². The highest BCUT2D eigenvalue weighted by molar-refractivity contribution is 5.94. The van der Waals surface area contributed by atoms with E-state index in [2.05, 4.69) is 16.0 Å². The summed E-state index contributed by atoms with van der Waals surface area (Å²) in [5.41, 5.74) is 5.40. The van der Waals surface area contributed by atoms with Crippen molar-refractivity contribution < 1.29 is 39.3 Å². The molecule has 27 heavy (non-hydrogen) atoms. The van der Waals surface area contributed by atoms with Crippen molar-refractivity contribution in [2.75, 3.05) is 0 Å². The van der Waals surface area contributed by atoms with Crippen LogP contribution in [-0.4, -0.2) is 75.3 Å². The van der Waals surface area contributed by atoms with Gasteiger partial charge in [0.2, 0.25) is 17.7 Å². The molecule has 3 amide bonds. The minimum atomic E-state index is -1.51. The molecule has 0 fully saturated rings. The van der Waals surface area contributed by atoms with Crippen LogP contribution < -0.4 is 21.7 Å². The molecule has 0 rings (SSSR count). The Morgan fingerprint density at radius 1 is 0.889 bits per heavy atom. The molecule has 0 aliphatic carbocycles. The van der Waals surface area contributed by atoms with Crippen molar-refractivity contribution in [3.63, 3.8) is 0 Å². The zero-order chi connectivity index (χ0) is 21.3. The summed E-state index contributed by atoms with van der Waals surface area (Å²) in [6, 6.07) is -5.06. The molecular weight excluding hydrogens is 364 g/mol. The van der Waals surface area contributed by atoms with Gasteiger partial charge >= 0.3 is 11.9 Å². The molecule has 12 nitrogen and oxygen atoms in total.